The number of unbranched alkanes of at least 4 members (excludes halogenated alkanes) is 1. The number of hydrogen-bond acceptors (Lipinski definition) is 3. The molecular weight excluding hydrogens is 226 g/mol. The van der Waals surface area contributed by atoms with Gasteiger partial charge in [0.25, 0.3) is 0 Å². The van der Waals surface area contributed by atoms with Crippen LogP contribution in [0.1, 0.15) is 59.8 Å². The number of hydrogen-bond donors (Lipinski definition) is 3. The molecule has 4 heteroatoms. The molecule has 1 aliphatic heterocycles. The summed E-state index contributed by atoms with van der Waals surface area (Å²) >= 11 is 0. The summed E-state index contributed by atoms with van der Waals surface area (Å²) in [5.74, 6) is 0.168. The van der Waals surface area contributed by atoms with E-state index in [0.29, 0.717) is 13.0 Å². The van der Waals surface area contributed by atoms with Gasteiger partial charge >= 0.3 is 0 Å². The van der Waals surface area contributed by atoms with E-state index in [0.717, 1.165) is 25.7 Å². The molecule has 0 spiro atoms. The highest BCUT2D eigenvalue weighted by molar-refractivity contribution is 5.76. The Morgan fingerprint density at radius 3 is 2.28 bits per heavy atom. The largest absolute Gasteiger partial charge is 0.353 e. The van der Waals surface area contributed by atoms with Crippen LogP contribution in [-0.4, -0.2) is 29.6 Å². The van der Waals surface area contributed by atoms with Crippen LogP contribution in [0.3, 0.4) is 0 Å². The van der Waals surface area contributed by atoms with Crippen LogP contribution in [0.25, 0.3) is 0 Å². The summed E-state index contributed by atoms with van der Waals surface area (Å²) in [4.78, 5) is 11.8. The van der Waals surface area contributed by atoms with Crippen LogP contribution in [0, 0.1) is 0 Å². The molecule has 0 saturated carbocycles. The Hall–Kier alpha value is -0.610. The van der Waals surface area contributed by atoms with E-state index in [2.05, 4.69) is 38.3 Å². The van der Waals surface area contributed by atoms with Gasteiger partial charge in [-0.25, -0.2) is 0 Å². The van der Waals surface area contributed by atoms with Crippen molar-refractivity contribution >= 4 is 5.91 Å². The minimum atomic E-state index is 0.0803. The summed E-state index contributed by atoms with van der Waals surface area (Å²) in [6.45, 7) is 9.45. The molecule has 1 amide bonds. The first kappa shape index (κ1) is 15.4. The van der Waals surface area contributed by atoms with E-state index >= 15 is 0 Å². The van der Waals surface area contributed by atoms with Gasteiger partial charge in [-0.05, 0) is 59.9 Å². The van der Waals surface area contributed by atoms with Gasteiger partial charge in [-0.15, -0.1) is 0 Å². The molecule has 1 heterocycles. The smallest absolute Gasteiger partial charge is 0.220 e. The Kier molecular flexibility index (Phi) is 5.17. The van der Waals surface area contributed by atoms with E-state index in [-0.39, 0.29) is 23.0 Å². The summed E-state index contributed by atoms with van der Waals surface area (Å²) in [6, 6.07) is 0.279. The maximum Gasteiger partial charge on any atom is 0.220 e. The van der Waals surface area contributed by atoms with Gasteiger partial charge in [0.05, 0.1) is 0 Å². The van der Waals surface area contributed by atoms with E-state index in [1.807, 2.05) is 0 Å². The van der Waals surface area contributed by atoms with Crippen molar-refractivity contribution in [2.24, 2.45) is 5.73 Å². The third-order valence-electron chi connectivity index (χ3n) is 3.41. The van der Waals surface area contributed by atoms with Crippen molar-refractivity contribution < 1.29 is 4.79 Å². The second-order valence-corrected chi connectivity index (χ2v) is 6.81. The average Bonchev–Trinajstić information content (AvgIpc) is 2.12. The van der Waals surface area contributed by atoms with E-state index in [4.69, 9.17) is 5.73 Å². The fourth-order valence-corrected chi connectivity index (χ4v) is 3.15. The molecular formula is C14H29N3O. The molecule has 0 aliphatic carbocycles. The molecule has 0 atom stereocenters. The van der Waals surface area contributed by atoms with Crippen molar-refractivity contribution in [3.05, 3.63) is 0 Å². The van der Waals surface area contributed by atoms with Gasteiger partial charge in [-0.2, -0.15) is 0 Å². The summed E-state index contributed by atoms with van der Waals surface area (Å²) in [7, 11) is 0. The summed E-state index contributed by atoms with van der Waals surface area (Å²) < 4.78 is 0. The van der Waals surface area contributed by atoms with E-state index in [1.54, 1.807) is 0 Å². The third kappa shape index (κ3) is 5.36. The molecule has 106 valence electrons. The van der Waals surface area contributed by atoms with E-state index in [9.17, 15) is 4.79 Å². The molecule has 0 unspecified atom stereocenters. The maximum absolute atomic E-state index is 11.8. The zero-order valence-electron chi connectivity index (χ0n) is 12.3. The molecule has 1 rings (SSSR count). The van der Waals surface area contributed by atoms with E-state index < -0.39 is 0 Å². The fraction of sp³-hybridized carbons (Fsp3) is 0.929. The van der Waals surface area contributed by atoms with Crippen molar-refractivity contribution in [1.82, 2.24) is 10.6 Å². The number of carbonyl (C=O) groups is 1. The Morgan fingerprint density at radius 2 is 1.78 bits per heavy atom. The zero-order chi connectivity index (χ0) is 13.8. The highest BCUT2D eigenvalue weighted by Gasteiger charge is 2.37. The van der Waals surface area contributed by atoms with Gasteiger partial charge in [0.1, 0.15) is 0 Å². The maximum atomic E-state index is 11.8. The predicted molar refractivity (Wildman–Crippen MR) is 75.4 cm³/mol. The fourth-order valence-electron chi connectivity index (χ4n) is 3.15. The van der Waals surface area contributed by atoms with Crippen LogP contribution >= 0.6 is 0 Å². The first-order valence-electron chi connectivity index (χ1n) is 7.03. The molecule has 1 aliphatic rings. The molecule has 1 saturated heterocycles. The second kappa shape index (κ2) is 6.02. The minimum absolute atomic E-state index is 0.0803. The molecule has 0 radical (unpaired) electrons. The quantitative estimate of drug-likeness (QED) is 0.653. The van der Waals surface area contributed by atoms with Crippen molar-refractivity contribution in [1.29, 1.82) is 0 Å². The number of nitrogens with two attached hydrogens (primary N) is 1. The number of piperidine rings is 1. The van der Waals surface area contributed by atoms with Crippen LogP contribution < -0.4 is 16.4 Å². The van der Waals surface area contributed by atoms with Crippen LogP contribution in [0.4, 0.5) is 0 Å². The zero-order valence-corrected chi connectivity index (χ0v) is 12.3. The van der Waals surface area contributed by atoms with Gasteiger partial charge < -0.3 is 16.4 Å². The summed E-state index contributed by atoms with van der Waals surface area (Å²) in [6.07, 6.45) is 4.39. The lowest BCUT2D eigenvalue weighted by atomic mass is 9.79. The Labute approximate surface area is 111 Å². The molecule has 0 aromatic rings. The topological polar surface area (TPSA) is 67.2 Å². The predicted octanol–water partition coefficient (Wildman–Crippen LogP) is 1.54. The molecule has 0 aromatic heterocycles. The van der Waals surface area contributed by atoms with Crippen LogP contribution in [-0.2, 0) is 4.79 Å². The molecule has 0 bridgehead atoms. The Bertz CT molecular complexity index is 271. The molecule has 4 nitrogen and oxygen atoms in total. The van der Waals surface area contributed by atoms with Crippen molar-refractivity contribution in [3.8, 4) is 0 Å². The van der Waals surface area contributed by atoms with Crippen molar-refractivity contribution in [2.75, 3.05) is 6.54 Å². The minimum Gasteiger partial charge on any atom is -0.353 e. The van der Waals surface area contributed by atoms with Gasteiger partial charge in [-0.1, -0.05) is 0 Å². The van der Waals surface area contributed by atoms with Crippen molar-refractivity contribution in [2.45, 2.75) is 76.9 Å². The third-order valence-corrected chi connectivity index (χ3v) is 3.41. The monoisotopic (exact) mass is 255 g/mol. The van der Waals surface area contributed by atoms with Gasteiger partial charge in [0, 0.05) is 23.5 Å². The van der Waals surface area contributed by atoms with Crippen LogP contribution in [0.2, 0.25) is 0 Å². The SMILES string of the molecule is CC1(C)CC(NC(=O)CCCCN)CC(C)(C)N1. The van der Waals surface area contributed by atoms with Crippen LogP contribution in [0.5, 0.6) is 0 Å². The lowest BCUT2D eigenvalue weighted by molar-refractivity contribution is -0.122. The highest BCUT2D eigenvalue weighted by Crippen LogP contribution is 2.28. The molecule has 0 aromatic carbocycles. The summed E-state index contributed by atoms with van der Waals surface area (Å²) in [5, 5.41) is 6.79. The lowest BCUT2D eigenvalue weighted by Crippen LogP contribution is -2.62. The average molecular weight is 255 g/mol. The molecule has 1 fully saturated rings. The van der Waals surface area contributed by atoms with Crippen molar-refractivity contribution in [3.63, 3.8) is 0 Å². The molecule has 18 heavy (non-hydrogen) atoms. The second-order valence-electron chi connectivity index (χ2n) is 6.81. The van der Waals surface area contributed by atoms with Gasteiger partial charge in [-0.3, -0.25) is 4.79 Å². The number of rotatable bonds is 5. The Balaban J connectivity index is 2.44. The molecule has 4 N–H and O–H groups in total. The van der Waals surface area contributed by atoms with Gasteiger partial charge in [0.15, 0.2) is 0 Å². The number of nitrogens with one attached hydrogen (secondary N) is 2. The van der Waals surface area contributed by atoms with E-state index in [1.165, 1.54) is 0 Å². The lowest BCUT2D eigenvalue weighted by Gasteiger charge is -2.46. The van der Waals surface area contributed by atoms with Gasteiger partial charge in [0.2, 0.25) is 5.91 Å². The first-order valence-corrected chi connectivity index (χ1v) is 7.03. The number of amides is 1. The number of carbonyl (C=O) groups excluding carboxylic acids is 1. The van der Waals surface area contributed by atoms with Crippen LogP contribution in [0.15, 0.2) is 0 Å². The Morgan fingerprint density at radius 1 is 1.22 bits per heavy atom. The standard InChI is InChI=1S/C14H29N3O/c1-13(2)9-11(10-14(3,4)17-13)16-12(18)7-5-6-8-15/h11,17H,5-10,15H2,1-4H3,(H,16,18). The summed E-state index contributed by atoms with van der Waals surface area (Å²) in [5.41, 5.74) is 5.59. The normalized spacial score (nSPS) is 22.7. The first-order chi connectivity index (χ1) is 8.24. The highest BCUT2D eigenvalue weighted by atomic mass is 16.1.